The van der Waals surface area contributed by atoms with E-state index < -0.39 is 5.97 Å². The minimum atomic E-state index is -0.417. The molecule has 1 amide bonds. The van der Waals surface area contributed by atoms with Crippen LogP contribution in [0, 0.1) is 0 Å². The number of para-hydroxylation sites is 1. The zero-order valence-corrected chi connectivity index (χ0v) is 15.0. The van der Waals surface area contributed by atoms with Gasteiger partial charge in [0, 0.05) is 12.6 Å². The maximum Gasteiger partial charge on any atom is 0.337 e. The number of phenolic OH excluding ortho intramolecular Hbond substituents is 1. The zero-order chi connectivity index (χ0) is 18.7. The molecular weight excluding hydrogens is 352 g/mol. The summed E-state index contributed by atoms with van der Waals surface area (Å²) in [4.78, 5) is 30.3. The third-order valence-electron chi connectivity index (χ3n) is 3.74. The van der Waals surface area contributed by atoms with Crippen molar-refractivity contribution in [3.05, 3.63) is 64.6 Å². The summed E-state index contributed by atoms with van der Waals surface area (Å²) >= 11 is 1.23. The molecule has 1 aliphatic rings. The van der Waals surface area contributed by atoms with Crippen molar-refractivity contribution < 1.29 is 19.4 Å². The van der Waals surface area contributed by atoms with Crippen LogP contribution in [0.15, 0.2) is 58.4 Å². The maximum atomic E-state index is 12.4. The monoisotopic (exact) mass is 368 g/mol. The Morgan fingerprint density at radius 3 is 2.54 bits per heavy atom. The summed E-state index contributed by atoms with van der Waals surface area (Å²) in [6, 6.07) is 13.4. The van der Waals surface area contributed by atoms with Gasteiger partial charge in [0.05, 0.1) is 23.3 Å². The Morgan fingerprint density at radius 1 is 1.19 bits per heavy atom. The van der Waals surface area contributed by atoms with E-state index in [4.69, 9.17) is 0 Å². The second kappa shape index (κ2) is 7.45. The fourth-order valence-corrected chi connectivity index (χ4v) is 3.28. The predicted molar refractivity (Wildman–Crippen MR) is 101 cm³/mol. The van der Waals surface area contributed by atoms with Gasteiger partial charge in [0.2, 0.25) is 0 Å². The minimum Gasteiger partial charge on any atom is -0.507 e. The Balaban J connectivity index is 1.85. The van der Waals surface area contributed by atoms with Gasteiger partial charge in [0.15, 0.2) is 5.17 Å². The van der Waals surface area contributed by atoms with Gasteiger partial charge in [0.25, 0.3) is 5.91 Å². The molecule has 1 N–H and O–H groups in total. The van der Waals surface area contributed by atoms with E-state index in [1.54, 1.807) is 61.7 Å². The van der Waals surface area contributed by atoms with Crippen LogP contribution in [0.5, 0.6) is 5.75 Å². The summed E-state index contributed by atoms with van der Waals surface area (Å²) in [5.74, 6) is -0.498. The standard InChI is InChI=1S/C19H16N2O4S/c1-21-17(23)16(11-13-5-3-4-6-15(13)22)26-19(21)20-14-9-7-12(8-10-14)18(24)25-2/h3-11,22H,1-2H3. The quantitative estimate of drug-likeness (QED) is 0.663. The fraction of sp³-hybridized carbons (Fsp3) is 0.105. The average molecular weight is 368 g/mol. The largest absolute Gasteiger partial charge is 0.507 e. The molecule has 0 bridgehead atoms. The number of carbonyl (C=O) groups excluding carboxylic acids is 2. The van der Waals surface area contributed by atoms with E-state index in [9.17, 15) is 14.7 Å². The van der Waals surface area contributed by atoms with Gasteiger partial charge in [-0.05, 0) is 48.2 Å². The molecule has 0 radical (unpaired) electrons. The number of carbonyl (C=O) groups is 2. The Kier molecular flexibility index (Phi) is 5.09. The number of amidine groups is 1. The number of thioether (sulfide) groups is 1. The number of aromatic hydroxyl groups is 1. The summed E-state index contributed by atoms with van der Waals surface area (Å²) < 4.78 is 4.66. The molecule has 3 rings (SSSR count). The van der Waals surface area contributed by atoms with Crippen LogP contribution in [0.2, 0.25) is 0 Å². The number of likely N-dealkylation sites (N-methyl/N-ethyl adjacent to an activating group) is 1. The van der Waals surface area contributed by atoms with Gasteiger partial charge in [-0.3, -0.25) is 9.69 Å². The molecule has 1 aliphatic heterocycles. The van der Waals surface area contributed by atoms with Crippen molar-refractivity contribution >= 4 is 40.6 Å². The SMILES string of the molecule is COC(=O)c1ccc(N=C2SC(=Cc3ccccc3O)C(=O)N2C)cc1. The van der Waals surface area contributed by atoms with Crippen LogP contribution < -0.4 is 0 Å². The predicted octanol–water partition coefficient (Wildman–Crippen LogP) is 3.41. The Morgan fingerprint density at radius 2 is 1.88 bits per heavy atom. The molecule has 2 aromatic rings. The number of esters is 1. The summed E-state index contributed by atoms with van der Waals surface area (Å²) in [6.45, 7) is 0. The first-order valence-corrected chi connectivity index (χ1v) is 8.54. The number of benzene rings is 2. The van der Waals surface area contributed by atoms with E-state index in [1.807, 2.05) is 0 Å². The van der Waals surface area contributed by atoms with Crippen molar-refractivity contribution in [3.8, 4) is 5.75 Å². The van der Waals surface area contributed by atoms with Gasteiger partial charge >= 0.3 is 5.97 Å². The van der Waals surface area contributed by atoms with Gasteiger partial charge in [-0.1, -0.05) is 18.2 Å². The van der Waals surface area contributed by atoms with Crippen molar-refractivity contribution in [3.63, 3.8) is 0 Å². The van der Waals surface area contributed by atoms with Crippen LogP contribution in [-0.2, 0) is 9.53 Å². The molecule has 6 nitrogen and oxygen atoms in total. The summed E-state index contributed by atoms with van der Waals surface area (Å²) in [7, 11) is 2.97. The molecule has 0 atom stereocenters. The smallest absolute Gasteiger partial charge is 0.337 e. The molecule has 1 fully saturated rings. The second-order valence-electron chi connectivity index (χ2n) is 5.47. The molecule has 0 unspecified atom stereocenters. The van der Waals surface area contributed by atoms with E-state index in [0.717, 1.165) is 0 Å². The number of amides is 1. The molecule has 7 heteroatoms. The van der Waals surface area contributed by atoms with Crippen LogP contribution >= 0.6 is 11.8 Å². The molecule has 2 aromatic carbocycles. The maximum absolute atomic E-state index is 12.4. The molecule has 0 saturated carbocycles. The zero-order valence-electron chi connectivity index (χ0n) is 14.2. The third kappa shape index (κ3) is 3.62. The second-order valence-corrected chi connectivity index (χ2v) is 6.48. The molecule has 0 spiro atoms. The lowest BCUT2D eigenvalue weighted by Crippen LogP contribution is -2.23. The number of aliphatic imine (C=N–C) groups is 1. The van der Waals surface area contributed by atoms with Gasteiger partial charge in [-0.25, -0.2) is 9.79 Å². The van der Waals surface area contributed by atoms with Gasteiger partial charge in [0.1, 0.15) is 5.75 Å². The van der Waals surface area contributed by atoms with Crippen LogP contribution in [0.1, 0.15) is 15.9 Å². The lowest BCUT2D eigenvalue weighted by molar-refractivity contribution is -0.121. The van der Waals surface area contributed by atoms with Gasteiger partial charge < -0.3 is 9.84 Å². The highest BCUT2D eigenvalue weighted by Crippen LogP contribution is 2.34. The van der Waals surface area contributed by atoms with Crippen LogP contribution in [-0.4, -0.2) is 41.2 Å². The number of hydrogen-bond acceptors (Lipinski definition) is 6. The highest BCUT2D eigenvalue weighted by atomic mass is 32.2. The van der Waals surface area contributed by atoms with Crippen molar-refractivity contribution in [1.82, 2.24) is 4.90 Å². The van der Waals surface area contributed by atoms with Crippen LogP contribution in [0.25, 0.3) is 6.08 Å². The summed E-state index contributed by atoms with van der Waals surface area (Å²) in [6.07, 6.45) is 1.64. The van der Waals surface area contributed by atoms with Crippen LogP contribution in [0.3, 0.4) is 0 Å². The molecule has 26 heavy (non-hydrogen) atoms. The summed E-state index contributed by atoms with van der Waals surface area (Å²) in [5.41, 5.74) is 1.61. The first-order valence-electron chi connectivity index (χ1n) is 7.72. The van der Waals surface area contributed by atoms with Crippen molar-refractivity contribution in [2.24, 2.45) is 4.99 Å². The number of rotatable bonds is 3. The van der Waals surface area contributed by atoms with E-state index in [2.05, 4.69) is 9.73 Å². The number of methoxy groups -OCH3 is 1. The van der Waals surface area contributed by atoms with Crippen LogP contribution in [0.4, 0.5) is 5.69 Å². The average Bonchev–Trinajstić information content (AvgIpc) is 2.91. The first kappa shape index (κ1) is 17.8. The van der Waals surface area contributed by atoms with E-state index in [0.29, 0.717) is 26.9 Å². The Bertz CT molecular complexity index is 919. The molecule has 1 heterocycles. The van der Waals surface area contributed by atoms with E-state index in [-0.39, 0.29) is 11.7 Å². The number of hydrogen-bond donors (Lipinski definition) is 1. The lowest BCUT2D eigenvalue weighted by Gasteiger charge is -2.07. The molecular formula is C19H16N2O4S. The third-order valence-corrected chi connectivity index (χ3v) is 4.80. The Hall–Kier alpha value is -3.06. The lowest BCUT2D eigenvalue weighted by atomic mass is 10.2. The molecule has 0 aliphatic carbocycles. The number of ether oxygens (including phenoxy) is 1. The van der Waals surface area contributed by atoms with Gasteiger partial charge in [-0.15, -0.1) is 0 Å². The first-order chi connectivity index (χ1) is 12.5. The fourth-order valence-electron chi connectivity index (χ4n) is 2.30. The van der Waals surface area contributed by atoms with Crippen molar-refractivity contribution in [1.29, 1.82) is 0 Å². The number of phenols is 1. The van der Waals surface area contributed by atoms with E-state index in [1.165, 1.54) is 23.8 Å². The number of nitrogens with zero attached hydrogens (tertiary/aromatic N) is 2. The Labute approximate surface area is 154 Å². The molecule has 1 saturated heterocycles. The normalized spacial score (nSPS) is 17.2. The topological polar surface area (TPSA) is 79.2 Å². The van der Waals surface area contributed by atoms with Crippen molar-refractivity contribution in [2.45, 2.75) is 0 Å². The van der Waals surface area contributed by atoms with E-state index >= 15 is 0 Å². The molecule has 0 aromatic heterocycles. The summed E-state index contributed by atoms with van der Waals surface area (Å²) in [5, 5.41) is 10.4. The van der Waals surface area contributed by atoms with Gasteiger partial charge in [-0.2, -0.15) is 0 Å². The minimum absolute atomic E-state index is 0.111. The molecule has 132 valence electrons. The highest BCUT2D eigenvalue weighted by molar-refractivity contribution is 8.18. The highest BCUT2D eigenvalue weighted by Gasteiger charge is 2.30. The van der Waals surface area contributed by atoms with Crippen molar-refractivity contribution in [2.75, 3.05) is 14.2 Å².